The van der Waals surface area contributed by atoms with Crippen molar-refractivity contribution in [2.75, 3.05) is 25.0 Å². The van der Waals surface area contributed by atoms with Gasteiger partial charge in [0.25, 0.3) is 5.91 Å². The third kappa shape index (κ3) is 13.8. The van der Waals surface area contributed by atoms with Crippen LogP contribution in [-0.4, -0.2) is 108 Å². The van der Waals surface area contributed by atoms with Crippen molar-refractivity contribution in [3.63, 3.8) is 0 Å². The summed E-state index contributed by atoms with van der Waals surface area (Å²) in [4.78, 5) is 111. The van der Waals surface area contributed by atoms with Crippen molar-refractivity contribution < 1.29 is 38.4 Å². The fourth-order valence-corrected chi connectivity index (χ4v) is 6.73. The summed E-state index contributed by atoms with van der Waals surface area (Å²) in [5, 5.41) is 17.6. The number of unbranched alkanes of at least 4 members (excludes halogenated alkanes) is 1. The quantitative estimate of drug-likeness (QED) is 0.0382. The standard InChI is InChI=1S/C42H55N11O8/c1-4-5-14-31(49-25(3)54)38(58)48-24(2)37(57)47-22-34-40(60)51-30-15-9-8-13-29(30)41(61)53(34)23-35(55)50-32(16-10-19-46-42(44)45)39(59)52-33(36(43)56)21-26-17-18-27-11-6-7-12-28(27)20-26/h6-9,11-13,15,17-18,20,24,31-34H,4-5,10,14,16,19,21-23H2,1-3H3,(H2,43,56)(H,47,57)(H,48,58)(H,49,54)(H,50,55)(H,51,60)(H,52,59)(H4,44,45,46)/t24-,31-,32-,33-,34-/m0/s1. The van der Waals surface area contributed by atoms with Crippen molar-refractivity contribution in [2.24, 2.45) is 22.2 Å². The molecule has 0 saturated carbocycles. The number of rotatable bonds is 21. The van der Waals surface area contributed by atoms with Gasteiger partial charge < -0.3 is 54.0 Å². The van der Waals surface area contributed by atoms with Gasteiger partial charge >= 0.3 is 0 Å². The van der Waals surface area contributed by atoms with E-state index >= 15 is 0 Å². The highest BCUT2D eigenvalue weighted by molar-refractivity contribution is 6.11. The fraction of sp³-hybridized carbons (Fsp3) is 0.405. The average Bonchev–Trinajstić information content (AvgIpc) is 3.31. The van der Waals surface area contributed by atoms with Gasteiger partial charge in [0.05, 0.1) is 11.3 Å². The lowest BCUT2D eigenvalue weighted by molar-refractivity contribution is -0.132. The summed E-state index contributed by atoms with van der Waals surface area (Å²) in [5.41, 5.74) is 17.6. The molecule has 3 aromatic rings. The molecule has 19 nitrogen and oxygen atoms in total. The Morgan fingerprint density at radius 1 is 0.787 bits per heavy atom. The maximum absolute atomic E-state index is 14.1. The molecule has 61 heavy (non-hydrogen) atoms. The second-order valence-electron chi connectivity index (χ2n) is 14.8. The van der Waals surface area contributed by atoms with Gasteiger partial charge in [-0.2, -0.15) is 0 Å². The molecule has 19 heteroatoms. The number of anilines is 1. The van der Waals surface area contributed by atoms with E-state index in [0.29, 0.717) is 12.8 Å². The van der Waals surface area contributed by atoms with Crippen molar-refractivity contribution in [1.82, 2.24) is 31.5 Å². The number of hydrogen-bond donors (Lipinski definition) is 9. The number of fused-ring (bicyclic) bond motifs is 2. The molecule has 12 N–H and O–H groups in total. The molecule has 0 fully saturated rings. The third-order valence-electron chi connectivity index (χ3n) is 9.94. The Morgan fingerprint density at radius 2 is 1.44 bits per heavy atom. The van der Waals surface area contributed by atoms with Gasteiger partial charge in [-0.1, -0.05) is 74.4 Å². The SMILES string of the molecule is CCCC[C@H](NC(C)=O)C(=O)N[C@@H](C)C(=O)NC[C@H]1C(=O)Nc2ccccc2C(=O)N1CC(=O)N[C@@H](CCCN=C(N)N)C(=O)N[C@@H](Cc1ccc2ccccc2c1)C(N)=O. The Morgan fingerprint density at radius 3 is 2.13 bits per heavy atom. The number of nitrogens with one attached hydrogen (secondary N) is 6. The number of benzene rings is 3. The van der Waals surface area contributed by atoms with Crippen molar-refractivity contribution >= 4 is 69.7 Å². The van der Waals surface area contributed by atoms with Gasteiger partial charge in [0.15, 0.2) is 5.96 Å². The van der Waals surface area contributed by atoms with Crippen molar-refractivity contribution in [3.8, 4) is 0 Å². The molecule has 1 aliphatic heterocycles. The van der Waals surface area contributed by atoms with Crippen LogP contribution >= 0.6 is 0 Å². The Labute approximate surface area is 353 Å². The maximum atomic E-state index is 14.1. The summed E-state index contributed by atoms with van der Waals surface area (Å²) in [6.07, 6.45) is 2.05. The molecule has 4 rings (SSSR count). The molecule has 1 aliphatic rings. The number of nitrogens with zero attached hydrogens (tertiary/aromatic N) is 2. The third-order valence-corrected chi connectivity index (χ3v) is 9.94. The topological polar surface area (TPSA) is 302 Å². The lowest BCUT2D eigenvalue weighted by atomic mass is 10.0. The first-order valence-corrected chi connectivity index (χ1v) is 20.1. The van der Waals surface area contributed by atoms with Crippen LogP contribution in [0.1, 0.15) is 68.8 Å². The summed E-state index contributed by atoms with van der Waals surface area (Å²) >= 11 is 0. The van der Waals surface area contributed by atoms with Gasteiger partial charge in [-0.3, -0.25) is 43.3 Å². The largest absolute Gasteiger partial charge is 0.370 e. The summed E-state index contributed by atoms with van der Waals surface area (Å²) < 4.78 is 0. The van der Waals surface area contributed by atoms with Crippen molar-refractivity contribution in [3.05, 3.63) is 77.9 Å². The van der Waals surface area contributed by atoms with E-state index < -0.39 is 90.6 Å². The molecule has 0 saturated heterocycles. The maximum Gasteiger partial charge on any atom is 0.257 e. The van der Waals surface area contributed by atoms with E-state index in [9.17, 15) is 38.4 Å². The molecule has 1 heterocycles. The lowest BCUT2D eigenvalue weighted by Gasteiger charge is -2.30. The molecule has 3 aromatic carbocycles. The van der Waals surface area contributed by atoms with E-state index in [0.717, 1.165) is 27.7 Å². The normalized spacial score (nSPS) is 15.4. The zero-order valence-electron chi connectivity index (χ0n) is 34.5. The van der Waals surface area contributed by atoms with Crippen molar-refractivity contribution in [1.29, 1.82) is 0 Å². The van der Waals surface area contributed by atoms with E-state index in [4.69, 9.17) is 17.2 Å². The first kappa shape index (κ1) is 46.6. The predicted octanol–water partition coefficient (Wildman–Crippen LogP) is -0.330. The molecular weight excluding hydrogens is 787 g/mol. The van der Waals surface area contributed by atoms with Crippen LogP contribution in [0.25, 0.3) is 10.8 Å². The summed E-state index contributed by atoms with van der Waals surface area (Å²) in [5.74, 6) is -5.72. The van der Waals surface area contributed by atoms with Crippen LogP contribution in [0.15, 0.2) is 71.7 Å². The number of para-hydroxylation sites is 1. The molecular formula is C42H55N11O8. The average molecular weight is 842 g/mol. The number of carbonyl (C=O) groups excluding carboxylic acids is 8. The highest BCUT2D eigenvalue weighted by atomic mass is 16.2. The van der Waals surface area contributed by atoms with Crippen LogP contribution in [0.2, 0.25) is 0 Å². The Bertz CT molecular complexity index is 2140. The second kappa shape index (κ2) is 22.4. The smallest absolute Gasteiger partial charge is 0.257 e. The first-order valence-electron chi connectivity index (χ1n) is 20.1. The summed E-state index contributed by atoms with van der Waals surface area (Å²) in [6.45, 7) is 3.52. The molecule has 0 unspecified atom stereocenters. The zero-order valence-corrected chi connectivity index (χ0v) is 34.5. The second-order valence-corrected chi connectivity index (χ2v) is 14.8. The number of carbonyl (C=O) groups is 8. The van der Waals surface area contributed by atoms with Gasteiger partial charge in [0, 0.05) is 26.4 Å². The molecule has 326 valence electrons. The highest BCUT2D eigenvalue weighted by Gasteiger charge is 2.38. The minimum absolute atomic E-state index is 0.00257. The number of aliphatic imine (C=N–C) groups is 1. The number of primary amides is 1. The van der Waals surface area contributed by atoms with Gasteiger partial charge in [-0.05, 0) is 54.7 Å². The highest BCUT2D eigenvalue weighted by Crippen LogP contribution is 2.23. The monoisotopic (exact) mass is 841 g/mol. The molecule has 8 amide bonds. The van der Waals surface area contributed by atoms with Crippen LogP contribution < -0.4 is 49.1 Å². The fourth-order valence-electron chi connectivity index (χ4n) is 6.73. The first-order chi connectivity index (χ1) is 29.1. The van der Waals surface area contributed by atoms with E-state index in [1.54, 1.807) is 12.1 Å². The van der Waals surface area contributed by atoms with Crippen LogP contribution in [0.4, 0.5) is 5.69 Å². The van der Waals surface area contributed by atoms with Gasteiger partial charge in [0.2, 0.25) is 41.4 Å². The van der Waals surface area contributed by atoms with E-state index in [-0.39, 0.29) is 43.0 Å². The molecule has 0 aromatic heterocycles. The minimum Gasteiger partial charge on any atom is -0.370 e. The van der Waals surface area contributed by atoms with E-state index in [1.807, 2.05) is 49.4 Å². The number of amides is 8. The molecule has 0 bridgehead atoms. The molecule has 0 spiro atoms. The Balaban J connectivity index is 1.52. The zero-order chi connectivity index (χ0) is 44.6. The number of hydrogen-bond acceptors (Lipinski definition) is 9. The van der Waals surface area contributed by atoms with Gasteiger partial charge in [-0.25, -0.2) is 0 Å². The predicted molar refractivity (Wildman–Crippen MR) is 228 cm³/mol. The molecule has 0 aliphatic carbocycles. The van der Waals surface area contributed by atoms with E-state index in [2.05, 4.69) is 36.9 Å². The van der Waals surface area contributed by atoms with Gasteiger partial charge in [0.1, 0.15) is 36.8 Å². The van der Waals surface area contributed by atoms with Gasteiger partial charge in [-0.15, -0.1) is 0 Å². The molecule has 0 radical (unpaired) electrons. The van der Waals surface area contributed by atoms with Crippen LogP contribution in [0.5, 0.6) is 0 Å². The Hall–Kier alpha value is -7.05. The number of guanidine groups is 1. The lowest BCUT2D eigenvalue weighted by Crippen LogP contribution is -2.58. The summed E-state index contributed by atoms with van der Waals surface area (Å²) in [7, 11) is 0. The minimum atomic E-state index is -1.44. The van der Waals surface area contributed by atoms with Crippen LogP contribution in [0, 0.1) is 0 Å². The number of nitrogens with two attached hydrogens (primary N) is 3. The van der Waals surface area contributed by atoms with Crippen LogP contribution in [0.3, 0.4) is 0 Å². The van der Waals surface area contributed by atoms with E-state index in [1.165, 1.54) is 26.0 Å². The van der Waals surface area contributed by atoms with Crippen LogP contribution in [-0.2, 0) is 40.0 Å². The Kier molecular flexibility index (Phi) is 17.1. The van der Waals surface area contributed by atoms with Crippen molar-refractivity contribution in [2.45, 2.75) is 89.5 Å². The molecule has 5 atom stereocenters. The summed E-state index contributed by atoms with van der Waals surface area (Å²) in [6, 6.07) is 13.5.